The molecule has 3 heterocycles. The summed E-state index contributed by atoms with van der Waals surface area (Å²) in [4.78, 5) is 40.2. The summed E-state index contributed by atoms with van der Waals surface area (Å²) in [6.45, 7) is 1.88. The van der Waals surface area contributed by atoms with E-state index in [1.54, 1.807) is 42.7 Å². The first-order chi connectivity index (χ1) is 16.1. The molecule has 2 atom stereocenters. The third-order valence-corrected chi connectivity index (χ3v) is 5.68. The molecule has 1 aromatic heterocycles. The molecule has 1 aromatic carbocycles. The van der Waals surface area contributed by atoms with E-state index in [4.69, 9.17) is 21.2 Å². The van der Waals surface area contributed by atoms with Crippen LogP contribution in [0.5, 0.6) is 0 Å². The molecule has 0 radical (unpaired) electrons. The van der Waals surface area contributed by atoms with E-state index in [0.717, 1.165) is 25.7 Å². The molecule has 9 nitrogen and oxygen atoms in total. The molecule has 0 saturated carbocycles. The number of hydrogen-bond donors (Lipinski definition) is 2. The maximum Gasteiger partial charge on any atom is 0.267 e. The maximum atomic E-state index is 12.6. The zero-order valence-corrected chi connectivity index (χ0v) is 18.8. The molecule has 2 amide bonds. The summed E-state index contributed by atoms with van der Waals surface area (Å²) in [6, 6.07) is 6.99. The lowest BCUT2D eigenvalue weighted by Crippen LogP contribution is -2.32. The van der Waals surface area contributed by atoms with Gasteiger partial charge in [-0.2, -0.15) is 0 Å². The summed E-state index contributed by atoms with van der Waals surface area (Å²) in [5, 5.41) is 3.91. The average molecular weight is 472 g/mol. The normalized spacial score (nSPS) is 20.7. The Bertz CT molecular complexity index is 977. The van der Waals surface area contributed by atoms with Crippen molar-refractivity contribution in [2.75, 3.05) is 25.0 Å². The van der Waals surface area contributed by atoms with Crippen LogP contribution in [0.25, 0.3) is 6.08 Å². The number of halogens is 1. The van der Waals surface area contributed by atoms with Crippen LogP contribution in [0.3, 0.4) is 0 Å². The first kappa shape index (κ1) is 23.2. The number of nitrogens with one attached hydrogen (secondary N) is 2. The van der Waals surface area contributed by atoms with Crippen LogP contribution in [0.1, 0.15) is 41.7 Å². The Morgan fingerprint density at radius 3 is 2.73 bits per heavy atom. The summed E-state index contributed by atoms with van der Waals surface area (Å²) >= 11 is 5.90. The molecule has 10 heteroatoms. The lowest BCUT2D eigenvalue weighted by atomic mass is 10.2. The second kappa shape index (κ2) is 11.2. The van der Waals surface area contributed by atoms with Gasteiger partial charge in [0.1, 0.15) is 5.82 Å². The van der Waals surface area contributed by atoms with Crippen LogP contribution in [0.2, 0.25) is 5.02 Å². The molecule has 1 unspecified atom stereocenters. The van der Waals surface area contributed by atoms with Crippen molar-refractivity contribution in [3.8, 4) is 0 Å². The van der Waals surface area contributed by atoms with E-state index < -0.39 is 12.2 Å². The van der Waals surface area contributed by atoms with Crippen LogP contribution >= 0.6 is 11.6 Å². The molecule has 2 aliphatic rings. The first-order valence-corrected chi connectivity index (χ1v) is 11.3. The van der Waals surface area contributed by atoms with E-state index in [1.165, 1.54) is 6.08 Å². The zero-order valence-electron chi connectivity index (χ0n) is 18.1. The van der Waals surface area contributed by atoms with Gasteiger partial charge in [-0.15, -0.1) is 0 Å². The van der Waals surface area contributed by atoms with Crippen LogP contribution in [0, 0.1) is 0 Å². The fourth-order valence-electron chi connectivity index (χ4n) is 3.67. The van der Waals surface area contributed by atoms with Gasteiger partial charge in [-0.25, -0.2) is 15.3 Å². The lowest BCUT2D eigenvalue weighted by Gasteiger charge is -2.21. The quantitative estimate of drug-likeness (QED) is 0.472. The molecular formula is C23H26ClN5O4. The van der Waals surface area contributed by atoms with Crippen LogP contribution in [-0.2, 0) is 14.4 Å². The largest absolute Gasteiger partial charge is 0.364 e. The minimum atomic E-state index is -0.399. The monoisotopic (exact) mass is 471 g/mol. The Hall–Kier alpha value is -3.01. The molecule has 2 aliphatic heterocycles. The zero-order chi connectivity index (χ0) is 23.0. The highest BCUT2D eigenvalue weighted by atomic mass is 35.5. The van der Waals surface area contributed by atoms with Gasteiger partial charge in [0.25, 0.3) is 11.8 Å². The van der Waals surface area contributed by atoms with Crippen molar-refractivity contribution < 1.29 is 19.2 Å². The molecule has 0 bridgehead atoms. The molecule has 2 saturated heterocycles. The number of nitrogens with zero attached hydrogens (tertiary/aromatic N) is 3. The minimum Gasteiger partial charge on any atom is -0.364 e. The van der Waals surface area contributed by atoms with Crippen LogP contribution < -0.4 is 10.8 Å². The third-order valence-electron chi connectivity index (χ3n) is 5.42. The van der Waals surface area contributed by atoms with E-state index >= 15 is 0 Å². The predicted octanol–water partition coefficient (Wildman–Crippen LogP) is 3.04. The summed E-state index contributed by atoms with van der Waals surface area (Å²) in [6.07, 6.45) is 9.27. The molecule has 0 spiro atoms. The molecular weight excluding hydrogens is 446 g/mol. The number of amides is 2. The van der Waals surface area contributed by atoms with Gasteiger partial charge in [-0.1, -0.05) is 11.6 Å². The molecule has 33 heavy (non-hydrogen) atoms. The fraction of sp³-hybridized carbons (Fsp3) is 0.391. The van der Waals surface area contributed by atoms with Gasteiger partial charge >= 0.3 is 0 Å². The van der Waals surface area contributed by atoms with Gasteiger partial charge in [0.05, 0.1) is 18.1 Å². The highest BCUT2D eigenvalue weighted by molar-refractivity contribution is 6.30. The molecule has 0 aliphatic carbocycles. The van der Waals surface area contributed by atoms with E-state index in [1.807, 2.05) is 4.90 Å². The fourth-order valence-corrected chi connectivity index (χ4v) is 3.79. The molecule has 2 N–H and O–H groups in total. The van der Waals surface area contributed by atoms with Crippen LogP contribution in [0.15, 0.2) is 42.7 Å². The van der Waals surface area contributed by atoms with Gasteiger partial charge in [0.15, 0.2) is 6.29 Å². The van der Waals surface area contributed by atoms with E-state index in [-0.39, 0.29) is 11.9 Å². The Balaban J connectivity index is 1.22. The van der Waals surface area contributed by atoms with Gasteiger partial charge in [0.2, 0.25) is 0 Å². The van der Waals surface area contributed by atoms with Gasteiger partial charge in [-0.05, 0) is 49.6 Å². The Kier molecular flexibility index (Phi) is 7.87. The van der Waals surface area contributed by atoms with E-state index in [2.05, 4.69) is 20.8 Å². The average Bonchev–Trinajstić information content (AvgIpc) is 3.31. The van der Waals surface area contributed by atoms with E-state index in [0.29, 0.717) is 41.8 Å². The molecule has 2 aromatic rings. The second-order valence-electron chi connectivity index (χ2n) is 7.93. The van der Waals surface area contributed by atoms with Crippen molar-refractivity contribution >= 4 is 35.3 Å². The standard InChI is InChI=1S/C23H26ClN5O4/c24-17-6-4-16(5-7-17)23(31)29-11-10-19(15-29)27-20-14-25-18(13-26-20)8-9-21(30)28-33-22-3-1-2-12-32-22/h4-9,13-14,19,22H,1-3,10-12,15H2,(H,26,27)(H,28,30)/t19-,22?/m1/s1. The topological polar surface area (TPSA) is 106 Å². The molecule has 2 fully saturated rings. The Morgan fingerprint density at radius 1 is 1.15 bits per heavy atom. The van der Waals surface area contributed by atoms with Crippen LogP contribution in [-0.4, -0.2) is 58.7 Å². The van der Waals surface area contributed by atoms with Gasteiger partial charge < -0.3 is 15.0 Å². The summed E-state index contributed by atoms with van der Waals surface area (Å²) in [7, 11) is 0. The number of aromatic nitrogens is 2. The number of rotatable bonds is 7. The molecule has 4 rings (SSSR count). The van der Waals surface area contributed by atoms with E-state index in [9.17, 15) is 9.59 Å². The number of carbonyl (C=O) groups excluding carboxylic acids is 2. The SMILES string of the molecule is O=C(C=Cc1cnc(N[C@@H]2CCN(C(=O)c3ccc(Cl)cc3)C2)cn1)NOC1CCCCO1. The number of anilines is 1. The second-order valence-corrected chi connectivity index (χ2v) is 8.36. The molecule has 174 valence electrons. The number of hydrogen-bond acceptors (Lipinski definition) is 7. The summed E-state index contributed by atoms with van der Waals surface area (Å²) in [5.74, 6) is 0.199. The lowest BCUT2D eigenvalue weighted by molar-refractivity contribution is -0.198. The van der Waals surface area contributed by atoms with Crippen molar-refractivity contribution in [2.24, 2.45) is 0 Å². The Labute approximate surface area is 197 Å². The van der Waals surface area contributed by atoms with Crippen molar-refractivity contribution in [1.82, 2.24) is 20.3 Å². The maximum absolute atomic E-state index is 12.6. The Morgan fingerprint density at radius 2 is 2.00 bits per heavy atom. The highest BCUT2D eigenvalue weighted by Crippen LogP contribution is 2.18. The smallest absolute Gasteiger partial charge is 0.267 e. The first-order valence-electron chi connectivity index (χ1n) is 11.0. The number of hydroxylamine groups is 1. The highest BCUT2D eigenvalue weighted by Gasteiger charge is 2.27. The number of carbonyl (C=O) groups is 2. The predicted molar refractivity (Wildman–Crippen MR) is 123 cm³/mol. The van der Waals surface area contributed by atoms with Crippen molar-refractivity contribution in [2.45, 2.75) is 38.0 Å². The summed E-state index contributed by atoms with van der Waals surface area (Å²) < 4.78 is 5.39. The van der Waals surface area contributed by atoms with Gasteiger partial charge in [-0.3, -0.25) is 14.6 Å². The van der Waals surface area contributed by atoms with Crippen molar-refractivity contribution in [3.05, 3.63) is 59.0 Å². The van der Waals surface area contributed by atoms with Crippen molar-refractivity contribution in [3.63, 3.8) is 0 Å². The number of likely N-dealkylation sites (tertiary alicyclic amines) is 1. The number of ether oxygens (including phenoxy) is 1. The minimum absolute atomic E-state index is 0.0140. The third kappa shape index (κ3) is 6.74. The van der Waals surface area contributed by atoms with Crippen LogP contribution in [0.4, 0.5) is 5.82 Å². The van der Waals surface area contributed by atoms with Crippen molar-refractivity contribution in [1.29, 1.82) is 0 Å². The van der Waals surface area contributed by atoms with Gasteiger partial charge in [0, 0.05) is 48.8 Å². The summed E-state index contributed by atoms with van der Waals surface area (Å²) in [5.41, 5.74) is 3.52. The number of benzene rings is 1.